The molecule has 1 fully saturated rings. The third kappa shape index (κ3) is 1.81. The number of guanidine groups is 1. The van der Waals surface area contributed by atoms with Crippen LogP contribution in [-0.2, 0) is 4.79 Å². The van der Waals surface area contributed by atoms with Gasteiger partial charge in [-0.1, -0.05) is 0 Å². The number of nitrogens with two attached hydrogens (primary N) is 2. The summed E-state index contributed by atoms with van der Waals surface area (Å²) in [6.45, 7) is 0.511. The second-order valence-electron chi connectivity index (χ2n) is 2.43. The van der Waals surface area contributed by atoms with Crippen LogP contribution in [0.25, 0.3) is 0 Å². The van der Waals surface area contributed by atoms with Crippen molar-refractivity contribution in [3.8, 4) is 0 Å². The molecule has 0 aromatic rings. The van der Waals surface area contributed by atoms with Gasteiger partial charge in [0.15, 0.2) is 5.96 Å². The first-order valence-electron chi connectivity index (χ1n) is 3.20. The molecule has 6 nitrogen and oxygen atoms in total. The Morgan fingerprint density at radius 1 is 1.82 bits per heavy atom. The molecular formula is C5H11N5O. The molecule has 0 aromatic carbocycles. The molecular weight excluding hydrogens is 146 g/mol. The molecule has 1 heterocycles. The van der Waals surface area contributed by atoms with Crippen LogP contribution in [0.5, 0.6) is 0 Å². The fourth-order valence-corrected chi connectivity index (χ4v) is 0.930. The van der Waals surface area contributed by atoms with Gasteiger partial charge in [-0.2, -0.15) is 0 Å². The quantitative estimate of drug-likeness (QED) is 0.292. The van der Waals surface area contributed by atoms with Gasteiger partial charge in [-0.25, -0.2) is 10.0 Å². The molecule has 0 radical (unpaired) electrons. The predicted molar refractivity (Wildman–Crippen MR) is 40.4 cm³/mol. The number of nitrogens with one attached hydrogen (secondary N) is 1. The Kier molecular flexibility index (Phi) is 1.95. The summed E-state index contributed by atoms with van der Waals surface area (Å²) in [5.74, 6) is -0.221. The van der Waals surface area contributed by atoms with E-state index in [2.05, 4.69) is 10.4 Å². The van der Waals surface area contributed by atoms with Crippen molar-refractivity contribution in [3.63, 3.8) is 0 Å². The monoisotopic (exact) mass is 157 g/mol. The lowest BCUT2D eigenvalue weighted by Gasteiger charge is -2.03. The molecule has 62 valence electrons. The number of hydrazine groups is 1. The third-order valence-electron chi connectivity index (χ3n) is 1.36. The minimum absolute atomic E-state index is 0.0551. The molecule has 6 heteroatoms. The molecule has 1 atom stereocenters. The van der Waals surface area contributed by atoms with E-state index >= 15 is 0 Å². The van der Waals surface area contributed by atoms with Crippen LogP contribution in [0.1, 0.15) is 0 Å². The van der Waals surface area contributed by atoms with E-state index in [1.54, 1.807) is 12.1 Å². The topological polar surface area (TPSA) is 96.7 Å². The minimum Gasteiger partial charge on any atom is -0.370 e. The van der Waals surface area contributed by atoms with Crippen LogP contribution in [0.3, 0.4) is 0 Å². The summed E-state index contributed by atoms with van der Waals surface area (Å²) in [5, 5.41) is 1.64. The zero-order chi connectivity index (χ0) is 8.43. The first-order valence-corrected chi connectivity index (χ1v) is 3.20. The number of amides is 1. The maximum Gasteiger partial charge on any atom is 0.260 e. The van der Waals surface area contributed by atoms with E-state index in [1.807, 2.05) is 0 Å². The van der Waals surface area contributed by atoms with Gasteiger partial charge in [0.1, 0.15) is 6.04 Å². The number of hydrogen-bond acceptors (Lipinski definition) is 3. The highest BCUT2D eigenvalue weighted by atomic mass is 16.2. The van der Waals surface area contributed by atoms with Crippen LogP contribution in [-0.4, -0.2) is 36.5 Å². The standard InChI is InChI=1S/C5H11N5O/c1-10-2-3(4(11)9-10)8-5(6)7/h3H,2H2,1H3,(H,9,11)(H4,6,7,8). The molecule has 11 heavy (non-hydrogen) atoms. The number of nitrogens with zero attached hydrogens (tertiary/aromatic N) is 2. The summed E-state index contributed by atoms with van der Waals surface area (Å²) in [6, 6.07) is -0.454. The summed E-state index contributed by atoms with van der Waals surface area (Å²) in [6.07, 6.45) is 0. The summed E-state index contributed by atoms with van der Waals surface area (Å²) in [5.41, 5.74) is 12.8. The van der Waals surface area contributed by atoms with Crippen LogP contribution in [0, 0.1) is 0 Å². The highest BCUT2D eigenvalue weighted by Crippen LogP contribution is 2.00. The van der Waals surface area contributed by atoms with Gasteiger partial charge in [-0.05, 0) is 0 Å². The maximum atomic E-state index is 10.9. The fourth-order valence-electron chi connectivity index (χ4n) is 0.930. The van der Waals surface area contributed by atoms with Crippen molar-refractivity contribution in [1.82, 2.24) is 10.4 Å². The van der Waals surface area contributed by atoms with Crippen LogP contribution in [0.15, 0.2) is 4.99 Å². The van der Waals surface area contributed by atoms with Crippen molar-refractivity contribution in [1.29, 1.82) is 0 Å². The molecule has 0 saturated carbocycles. The van der Waals surface area contributed by atoms with Gasteiger partial charge < -0.3 is 11.5 Å². The molecule has 0 aliphatic carbocycles. The van der Waals surface area contributed by atoms with Crippen LogP contribution in [0.4, 0.5) is 0 Å². The Hall–Kier alpha value is -1.30. The lowest BCUT2D eigenvalue weighted by Crippen LogP contribution is -2.30. The molecule has 1 amide bonds. The van der Waals surface area contributed by atoms with Gasteiger partial charge in [0.05, 0.1) is 0 Å². The van der Waals surface area contributed by atoms with Gasteiger partial charge >= 0.3 is 0 Å². The molecule has 0 aromatic heterocycles. The van der Waals surface area contributed by atoms with Crippen LogP contribution >= 0.6 is 0 Å². The smallest absolute Gasteiger partial charge is 0.260 e. The van der Waals surface area contributed by atoms with E-state index in [0.717, 1.165) is 0 Å². The number of carbonyl (C=O) groups excluding carboxylic acids is 1. The Morgan fingerprint density at radius 3 is 2.82 bits per heavy atom. The van der Waals surface area contributed by atoms with E-state index in [1.165, 1.54) is 0 Å². The number of likely N-dealkylation sites (N-methyl/N-ethyl adjacent to an activating group) is 1. The number of hydrogen-bond donors (Lipinski definition) is 3. The average molecular weight is 157 g/mol. The highest BCUT2D eigenvalue weighted by Gasteiger charge is 2.27. The first kappa shape index (κ1) is 7.80. The molecule has 0 bridgehead atoms. The summed E-state index contributed by atoms with van der Waals surface area (Å²) >= 11 is 0. The minimum atomic E-state index is -0.454. The van der Waals surface area contributed by atoms with Crippen molar-refractivity contribution >= 4 is 11.9 Å². The van der Waals surface area contributed by atoms with Gasteiger partial charge in [-0.3, -0.25) is 10.2 Å². The summed E-state index contributed by atoms with van der Waals surface area (Å²) in [7, 11) is 1.75. The van der Waals surface area contributed by atoms with Gasteiger partial charge in [0.2, 0.25) is 0 Å². The van der Waals surface area contributed by atoms with Gasteiger partial charge in [0.25, 0.3) is 5.91 Å². The highest BCUT2D eigenvalue weighted by molar-refractivity contribution is 5.87. The van der Waals surface area contributed by atoms with E-state index in [9.17, 15) is 4.79 Å². The Labute approximate surface area is 64.2 Å². The first-order chi connectivity index (χ1) is 5.09. The van der Waals surface area contributed by atoms with E-state index < -0.39 is 6.04 Å². The van der Waals surface area contributed by atoms with Crippen molar-refractivity contribution in [3.05, 3.63) is 0 Å². The predicted octanol–water partition coefficient (Wildman–Crippen LogP) is -2.39. The SMILES string of the molecule is CN1CC(N=C(N)N)C(=O)N1. The van der Waals surface area contributed by atoms with Crippen molar-refractivity contribution < 1.29 is 4.79 Å². The summed E-state index contributed by atoms with van der Waals surface area (Å²) in [4.78, 5) is 14.7. The zero-order valence-electron chi connectivity index (χ0n) is 6.24. The molecule has 1 unspecified atom stereocenters. The lowest BCUT2D eigenvalue weighted by molar-refractivity contribution is -0.121. The van der Waals surface area contributed by atoms with Gasteiger partial charge in [-0.15, -0.1) is 0 Å². The molecule has 1 rings (SSSR count). The lowest BCUT2D eigenvalue weighted by atomic mass is 10.3. The van der Waals surface area contributed by atoms with Crippen molar-refractivity contribution in [2.45, 2.75) is 6.04 Å². The van der Waals surface area contributed by atoms with Crippen LogP contribution < -0.4 is 16.9 Å². The third-order valence-corrected chi connectivity index (χ3v) is 1.36. The summed E-state index contributed by atoms with van der Waals surface area (Å²) < 4.78 is 0. The Bertz CT molecular complexity index is 197. The molecule has 1 aliphatic heterocycles. The number of carbonyl (C=O) groups is 1. The molecule has 0 spiro atoms. The maximum absolute atomic E-state index is 10.9. The van der Waals surface area contributed by atoms with Crippen LogP contribution in [0.2, 0.25) is 0 Å². The van der Waals surface area contributed by atoms with E-state index in [-0.39, 0.29) is 11.9 Å². The van der Waals surface area contributed by atoms with E-state index in [0.29, 0.717) is 6.54 Å². The molecule has 1 aliphatic rings. The number of rotatable bonds is 1. The molecule has 1 saturated heterocycles. The zero-order valence-corrected chi connectivity index (χ0v) is 6.24. The Balaban J connectivity index is 2.61. The Morgan fingerprint density at radius 2 is 2.45 bits per heavy atom. The van der Waals surface area contributed by atoms with Gasteiger partial charge in [0, 0.05) is 13.6 Å². The second-order valence-corrected chi connectivity index (χ2v) is 2.43. The largest absolute Gasteiger partial charge is 0.370 e. The second kappa shape index (κ2) is 2.75. The average Bonchev–Trinajstić information content (AvgIpc) is 2.09. The molecule has 5 N–H and O–H groups in total. The van der Waals surface area contributed by atoms with Crippen molar-refractivity contribution in [2.75, 3.05) is 13.6 Å². The van der Waals surface area contributed by atoms with Crippen molar-refractivity contribution in [2.24, 2.45) is 16.5 Å². The fraction of sp³-hybridized carbons (Fsp3) is 0.600. The number of aliphatic imine (C=N–C) groups is 1. The van der Waals surface area contributed by atoms with E-state index in [4.69, 9.17) is 11.5 Å². The normalized spacial score (nSPS) is 24.8.